The first-order chi connectivity index (χ1) is 5.66. The maximum Gasteiger partial charge on any atom is 0.187 e. The summed E-state index contributed by atoms with van der Waals surface area (Å²) in [5, 5.41) is 9.51. The molecule has 2 nitrogen and oxygen atoms in total. The summed E-state index contributed by atoms with van der Waals surface area (Å²) in [5.74, 6) is -0.0593. The van der Waals surface area contributed by atoms with E-state index >= 15 is 0 Å². The first-order valence-electron chi connectivity index (χ1n) is 4.27. The Hall–Kier alpha value is -0.890. The summed E-state index contributed by atoms with van der Waals surface area (Å²) in [6.07, 6.45) is 3.35. The zero-order chi connectivity index (χ0) is 9.14. The van der Waals surface area contributed by atoms with E-state index in [1.807, 2.05) is 6.92 Å². The van der Waals surface area contributed by atoms with Crippen LogP contribution in [0.15, 0.2) is 23.8 Å². The molecule has 1 N–H and O–H groups in total. The monoisotopic (exact) mass is 166 g/mol. The second kappa shape index (κ2) is 3.68. The van der Waals surface area contributed by atoms with E-state index in [1.54, 1.807) is 6.08 Å². The Balaban J connectivity index is 2.64. The van der Waals surface area contributed by atoms with Gasteiger partial charge in [-0.15, -0.1) is 0 Å². The molecule has 0 radical (unpaired) electrons. The SMILES string of the molecule is C=C1CC=C(C(O)CCC)C1=O. The highest BCUT2D eigenvalue weighted by Gasteiger charge is 2.24. The molecule has 0 bridgehead atoms. The summed E-state index contributed by atoms with van der Waals surface area (Å²) in [5.41, 5.74) is 1.14. The number of aliphatic hydroxyl groups is 1. The van der Waals surface area contributed by atoms with Crippen LogP contribution in [0.3, 0.4) is 0 Å². The molecular weight excluding hydrogens is 152 g/mol. The number of carbonyl (C=O) groups excluding carboxylic acids is 1. The minimum atomic E-state index is -0.582. The van der Waals surface area contributed by atoms with E-state index in [1.165, 1.54) is 0 Å². The molecule has 1 aliphatic rings. The van der Waals surface area contributed by atoms with Crippen LogP contribution in [0.4, 0.5) is 0 Å². The number of Topliss-reactive ketones (excluding diaryl/α,β-unsaturated/α-hetero) is 1. The molecule has 0 saturated heterocycles. The van der Waals surface area contributed by atoms with Crippen LogP contribution in [0.5, 0.6) is 0 Å². The fourth-order valence-electron chi connectivity index (χ4n) is 1.34. The molecule has 0 saturated carbocycles. The van der Waals surface area contributed by atoms with Gasteiger partial charge in [0.05, 0.1) is 6.10 Å². The molecule has 2 heteroatoms. The third-order valence-electron chi connectivity index (χ3n) is 2.07. The number of ketones is 1. The number of allylic oxidation sites excluding steroid dienone is 2. The standard InChI is InChI=1S/C10H14O2/c1-3-4-9(11)8-6-5-7(2)10(8)12/h6,9,11H,2-5H2,1H3. The fourth-order valence-corrected chi connectivity index (χ4v) is 1.34. The lowest BCUT2D eigenvalue weighted by Gasteiger charge is -2.08. The minimum Gasteiger partial charge on any atom is -0.388 e. The van der Waals surface area contributed by atoms with Gasteiger partial charge in [-0.1, -0.05) is 26.0 Å². The van der Waals surface area contributed by atoms with Gasteiger partial charge in [-0.3, -0.25) is 4.79 Å². The highest BCUT2D eigenvalue weighted by atomic mass is 16.3. The summed E-state index contributed by atoms with van der Waals surface area (Å²) in [4.78, 5) is 11.3. The summed E-state index contributed by atoms with van der Waals surface area (Å²) in [6, 6.07) is 0. The van der Waals surface area contributed by atoms with Crippen LogP contribution in [0.25, 0.3) is 0 Å². The van der Waals surface area contributed by atoms with Gasteiger partial charge >= 0.3 is 0 Å². The van der Waals surface area contributed by atoms with E-state index in [0.717, 1.165) is 6.42 Å². The first-order valence-corrected chi connectivity index (χ1v) is 4.27. The second-order valence-corrected chi connectivity index (χ2v) is 3.10. The number of aliphatic hydroxyl groups excluding tert-OH is 1. The van der Waals surface area contributed by atoms with Crippen LogP contribution in [0.1, 0.15) is 26.2 Å². The largest absolute Gasteiger partial charge is 0.388 e. The molecule has 0 aromatic carbocycles. The molecule has 1 atom stereocenters. The molecule has 0 heterocycles. The van der Waals surface area contributed by atoms with Crippen molar-refractivity contribution < 1.29 is 9.90 Å². The van der Waals surface area contributed by atoms with Crippen LogP contribution in [-0.4, -0.2) is 17.0 Å². The molecule has 66 valence electrons. The van der Waals surface area contributed by atoms with E-state index in [2.05, 4.69) is 6.58 Å². The Morgan fingerprint density at radius 1 is 1.75 bits per heavy atom. The van der Waals surface area contributed by atoms with Gasteiger partial charge in [-0.2, -0.15) is 0 Å². The first kappa shape index (κ1) is 9.20. The maximum atomic E-state index is 11.3. The average Bonchev–Trinajstić information content (AvgIpc) is 2.34. The second-order valence-electron chi connectivity index (χ2n) is 3.10. The molecule has 0 aliphatic heterocycles. The van der Waals surface area contributed by atoms with E-state index < -0.39 is 6.10 Å². The lowest BCUT2D eigenvalue weighted by Crippen LogP contribution is -2.15. The summed E-state index contributed by atoms with van der Waals surface area (Å²) in [7, 11) is 0. The Morgan fingerprint density at radius 2 is 2.42 bits per heavy atom. The van der Waals surface area contributed by atoms with Gasteiger partial charge in [-0.05, 0) is 18.4 Å². The average molecular weight is 166 g/mol. The molecular formula is C10H14O2. The van der Waals surface area contributed by atoms with Crippen molar-refractivity contribution in [2.24, 2.45) is 0 Å². The summed E-state index contributed by atoms with van der Waals surface area (Å²) < 4.78 is 0. The smallest absolute Gasteiger partial charge is 0.187 e. The van der Waals surface area contributed by atoms with Crippen molar-refractivity contribution in [3.05, 3.63) is 23.8 Å². The van der Waals surface area contributed by atoms with Gasteiger partial charge in [-0.25, -0.2) is 0 Å². The van der Waals surface area contributed by atoms with Crippen molar-refractivity contribution in [1.82, 2.24) is 0 Å². The molecule has 0 aromatic heterocycles. The van der Waals surface area contributed by atoms with Gasteiger partial charge in [0.1, 0.15) is 0 Å². The number of hydrogen-bond acceptors (Lipinski definition) is 2. The highest BCUT2D eigenvalue weighted by molar-refractivity contribution is 6.11. The van der Waals surface area contributed by atoms with Crippen LogP contribution in [0, 0.1) is 0 Å². The lowest BCUT2D eigenvalue weighted by atomic mass is 10.0. The minimum absolute atomic E-state index is 0.0593. The van der Waals surface area contributed by atoms with Crippen molar-refractivity contribution in [2.75, 3.05) is 0 Å². The Morgan fingerprint density at radius 3 is 2.83 bits per heavy atom. The van der Waals surface area contributed by atoms with Crippen LogP contribution >= 0.6 is 0 Å². The van der Waals surface area contributed by atoms with Gasteiger partial charge in [0, 0.05) is 5.57 Å². The van der Waals surface area contributed by atoms with Crippen molar-refractivity contribution in [2.45, 2.75) is 32.3 Å². The quantitative estimate of drug-likeness (QED) is 0.646. The zero-order valence-corrected chi connectivity index (χ0v) is 7.34. The predicted molar refractivity (Wildman–Crippen MR) is 47.8 cm³/mol. The molecule has 1 unspecified atom stereocenters. The third-order valence-corrected chi connectivity index (χ3v) is 2.07. The molecule has 0 spiro atoms. The van der Waals surface area contributed by atoms with Crippen molar-refractivity contribution >= 4 is 5.78 Å². The topological polar surface area (TPSA) is 37.3 Å². The van der Waals surface area contributed by atoms with E-state index in [0.29, 0.717) is 24.0 Å². The maximum absolute atomic E-state index is 11.3. The van der Waals surface area contributed by atoms with E-state index in [9.17, 15) is 9.90 Å². The Kier molecular flexibility index (Phi) is 2.82. The normalized spacial score (nSPS) is 19.7. The van der Waals surface area contributed by atoms with Gasteiger partial charge in [0.2, 0.25) is 0 Å². The molecule has 12 heavy (non-hydrogen) atoms. The number of carbonyl (C=O) groups is 1. The summed E-state index contributed by atoms with van der Waals surface area (Å²) >= 11 is 0. The number of hydrogen-bond donors (Lipinski definition) is 1. The third kappa shape index (κ3) is 1.64. The molecule has 1 rings (SSSR count). The number of rotatable bonds is 3. The molecule has 0 aromatic rings. The van der Waals surface area contributed by atoms with E-state index in [-0.39, 0.29) is 5.78 Å². The Bertz CT molecular complexity index is 238. The molecule has 0 fully saturated rings. The van der Waals surface area contributed by atoms with Gasteiger partial charge in [0.25, 0.3) is 0 Å². The van der Waals surface area contributed by atoms with Crippen LogP contribution in [0.2, 0.25) is 0 Å². The van der Waals surface area contributed by atoms with Crippen molar-refractivity contribution in [3.8, 4) is 0 Å². The van der Waals surface area contributed by atoms with Crippen LogP contribution < -0.4 is 0 Å². The highest BCUT2D eigenvalue weighted by Crippen LogP contribution is 2.23. The van der Waals surface area contributed by atoms with Gasteiger partial charge in [0.15, 0.2) is 5.78 Å². The zero-order valence-electron chi connectivity index (χ0n) is 7.34. The Labute approximate surface area is 72.6 Å². The fraction of sp³-hybridized carbons (Fsp3) is 0.500. The molecule has 1 aliphatic carbocycles. The van der Waals surface area contributed by atoms with Crippen LogP contribution in [-0.2, 0) is 4.79 Å². The molecule has 0 amide bonds. The van der Waals surface area contributed by atoms with E-state index in [4.69, 9.17) is 0 Å². The van der Waals surface area contributed by atoms with Crippen molar-refractivity contribution in [1.29, 1.82) is 0 Å². The van der Waals surface area contributed by atoms with Crippen molar-refractivity contribution in [3.63, 3.8) is 0 Å². The summed E-state index contributed by atoms with van der Waals surface area (Å²) in [6.45, 7) is 5.60. The van der Waals surface area contributed by atoms with Gasteiger partial charge < -0.3 is 5.11 Å². The predicted octanol–water partition coefficient (Wildman–Crippen LogP) is 1.60. The lowest BCUT2D eigenvalue weighted by molar-refractivity contribution is -0.112.